The van der Waals surface area contributed by atoms with Crippen LogP contribution in [0.2, 0.25) is 0 Å². The zero-order chi connectivity index (χ0) is 17.1. The Morgan fingerprint density at radius 3 is 1.65 bits per heavy atom. The van der Waals surface area contributed by atoms with Gasteiger partial charge in [-0.3, -0.25) is 0 Å². The van der Waals surface area contributed by atoms with E-state index >= 15 is 0 Å². The second kappa shape index (κ2) is 6.27. The third-order valence-electron chi connectivity index (χ3n) is 2.27. The van der Waals surface area contributed by atoms with Gasteiger partial charge in [-0.15, -0.1) is 26.3 Å². The smallest absolute Gasteiger partial charge is 0.457 e. The first kappa shape index (κ1) is 16.8. The normalized spacial score (nSPS) is 11.9. The molecule has 0 aromatic heterocycles. The molecule has 0 bridgehead atoms. The molecule has 0 saturated heterocycles. The predicted octanol–water partition coefficient (Wildman–Crippen LogP) is 5.08. The lowest BCUT2D eigenvalue weighted by Gasteiger charge is -2.11. The van der Waals surface area contributed by atoms with Crippen LogP contribution in [0.4, 0.5) is 26.3 Å². The van der Waals surface area contributed by atoms with Gasteiger partial charge in [0.15, 0.2) is 0 Å². The van der Waals surface area contributed by atoms with Crippen LogP contribution in [0.3, 0.4) is 0 Å². The third kappa shape index (κ3) is 5.97. The molecule has 1 radical (unpaired) electrons. The second-order valence-corrected chi connectivity index (χ2v) is 4.06. The Morgan fingerprint density at radius 1 is 0.652 bits per heavy atom. The number of benzene rings is 2. The standard InChI is InChI=1S/C14H7F6O3/c15-13(16,17)22-11-5-1-9(2-6-11)21-10-3-7-12(8-4-10)23-14(18,19)20/h1-7H. The number of alkyl halides is 6. The van der Waals surface area contributed by atoms with Crippen LogP contribution in [0.15, 0.2) is 42.5 Å². The van der Waals surface area contributed by atoms with Crippen LogP contribution < -0.4 is 14.2 Å². The van der Waals surface area contributed by atoms with Crippen molar-refractivity contribution in [3.8, 4) is 23.0 Å². The van der Waals surface area contributed by atoms with Gasteiger partial charge in [0.2, 0.25) is 0 Å². The highest BCUT2D eigenvalue weighted by molar-refractivity contribution is 5.37. The molecule has 0 aliphatic carbocycles. The first-order valence-electron chi connectivity index (χ1n) is 5.92. The number of hydrogen-bond donors (Lipinski definition) is 0. The van der Waals surface area contributed by atoms with E-state index in [4.69, 9.17) is 4.74 Å². The summed E-state index contributed by atoms with van der Waals surface area (Å²) in [5.41, 5.74) is 0. The number of ether oxygens (including phenoxy) is 3. The van der Waals surface area contributed by atoms with Crippen LogP contribution in [0.1, 0.15) is 0 Å². The molecule has 2 aromatic carbocycles. The topological polar surface area (TPSA) is 27.7 Å². The highest BCUT2D eigenvalue weighted by atomic mass is 19.4. The van der Waals surface area contributed by atoms with Crippen LogP contribution >= 0.6 is 0 Å². The van der Waals surface area contributed by atoms with Gasteiger partial charge in [-0.05, 0) is 42.5 Å². The lowest BCUT2D eigenvalue weighted by molar-refractivity contribution is -0.275. The first-order chi connectivity index (χ1) is 10.6. The van der Waals surface area contributed by atoms with E-state index in [2.05, 4.69) is 15.5 Å². The van der Waals surface area contributed by atoms with Crippen LogP contribution in [-0.4, -0.2) is 12.7 Å². The molecule has 2 rings (SSSR count). The minimum absolute atomic E-state index is 0.129. The minimum atomic E-state index is -4.83. The lowest BCUT2D eigenvalue weighted by Crippen LogP contribution is -2.17. The average Bonchev–Trinajstić information content (AvgIpc) is 2.40. The molecular formula is C14H7F6O3. The van der Waals surface area contributed by atoms with E-state index in [1.807, 2.05) is 0 Å². The van der Waals surface area contributed by atoms with E-state index in [0.717, 1.165) is 24.3 Å². The maximum Gasteiger partial charge on any atom is 0.573 e. The monoisotopic (exact) mass is 337 g/mol. The van der Waals surface area contributed by atoms with Gasteiger partial charge >= 0.3 is 12.7 Å². The van der Waals surface area contributed by atoms with Crippen LogP contribution in [-0.2, 0) is 0 Å². The summed E-state index contributed by atoms with van der Waals surface area (Å²) < 4.78 is 84.5. The lowest BCUT2D eigenvalue weighted by atomic mass is 10.3. The number of hydrogen-bond acceptors (Lipinski definition) is 3. The molecule has 0 amide bonds. The summed E-state index contributed by atoms with van der Waals surface area (Å²) >= 11 is 0. The first-order valence-corrected chi connectivity index (χ1v) is 5.92. The molecule has 123 valence electrons. The molecule has 3 nitrogen and oxygen atoms in total. The summed E-state index contributed by atoms with van der Waals surface area (Å²) in [5.74, 6) is -0.675. The molecule has 0 spiro atoms. The molecule has 0 saturated carbocycles. The Balaban J connectivity index is 1.99. The highest BCUT2D eigenvalue weighted by Gasteiger charge is 2.31. The van der Waals surface area contributed by atoms with Crippen molar-refractivity contribution in [2.24, 2.45) is 0 Å². The second-order valence-electron chi connectivity index (χ2n) is 4.06. The molecule has 23 heavy (non-hydrogen) atoms. The van der Waals surface area contributed by atoms with Gasteiger partial charge in [0.1, 0.15) is 23.0 Å². The summed E-state index contributed by atoms with van der Waals surface area (Å²) in [4.78, 5) is 0. The molecule has 2 aromatic rings. The van der Waals surface area contributed by atoms with Crippen molar-refractivity contribution in [3.05, 3.63) is 48.5 Å². The zero-order valence-corrected chi connectivity index (χ0v) is 11.0. The quantitative estimate of drug-likeness (QED) is 0.729. The fourth-order valence-corrected chi connectivity index (χ4v) is 1.49. The fraction of sp³-hybridized carbons (Fsp3) is 0.143. The van der Waals surface area contributed by atoms with Gasteiger partial charge in [-0.1, -0.05) is 0 Å². The van der Waals surface area contributed by atoms with Gasteiger partial charge in [0.25, 0.3) is 0 Å². The maximum atomic E-state index is 12.0. The van der Waals surface area contributed by atoms with Gasteiger partial charge in [-0.2, -0.15) is 0 Å². The Kier molecular flexibility index (Phi) is 4.57. The van der Waals surface area contributed by atoms with Crippen molar-refractivity contribution in [3.63, 3.8) is 0 Å². The van der Waals surface area contributed by atoms with Crippen molar-refractivity contribution >= 4 is 0 Å². The van der Waals surface area contributed by atoms with E-state index in [9.17, 15) is 26.3 Å². The largest absolute Gasteiger partial charge is 0.573 e. The molecule has 0 N–H and O–H groups in total. The Morgan fingerprint density at radius 2 is 1.17 bits per heavy atom. The fourth-order valence-electron chi connectivity index (χ4n) is 1.49. The van der Waals surface area contributed by atoms with E-state index in [-0.39, 0.29) is 11.5 Å². The van der Waals surface area contributed by atoms with Crippen LogP contribution in [0.25, 0.3) is 0 Å². The minimum Gasteiger partial charge on any atom is -0.457 e. The third-order valence-corrected chi connectivity index (χ3v) is 2.27. The molecule has 0 unspecified atom stereocenters. The summed E-state index contributed by atoms with van der Waals surface area (Å²) in [7, 11) is 0. The van der Waals surface area contributed by atoms with Gasteiger partial charge < -0.3 is 14.2 Å². The molecule has 0 fully saturated rings. The number of rotatable bonds is 4. The summed E-state index contributed by atoms with van der Waals surface area (Å²) in [6.45, 7) is 0. The van der Waals surface area contributed by atoms with E-state index in [1.165, 1.54) is 18.2 Å². The highest BCUT2D eigenvalue weighted by Crippen LogP contribution is 2.29. The van der Waals surface area contributed by atoms with E-state index in [1.54, 1.807) is 0 Å². The maximum absolute atomic E-state index is 12.0. The van der Waals surface area contributed by atoms with E-state index in [0.29, 0.717) is 0 Å². The summed E-state index contributed by atoms with van der Waals surface area (Å²) in [6.07, 6.45) is -9.63. The predicted molar refractivity (Wildman–Crippen MR) is 65.2 cm³/mol. The Labute approximate surface area is 126 Å². The van der Waals surface area contributed by atoms with Crippen molar-refractivity contribution < 1.29 is 40.6 Å². The van der Waals surface area contributed by atoms with Gasteiger partial charge in [0, 0.05) is 6.07 Å². The van der Waals surface area contributed by atoms with E-state index < -0.39 is 24.2 Å². The Bertz CT molecular complexity index is 574. The van der Waals surface area contributed by atoms with Crippen molar-refractivity contribution in [2.75, 3.05) is 0 Å². The SMILES string of the molecule is FC(F)(F)Oc1[c]cc(Oc2ccc(OC(F)(F)F)cc2)cc1. The van der Waals surface area contributed by atoms with Crippen molar-refractivity contribution in [1.82, 2.24) is 0 Å². The number of halogens is 6. The molecular weight excluding hydrogens is 330 g/mol. The van der Waals surface area contributed by atoms with Gasteiger partial charge in [0.05, 0.1) is 0 Å². The summed E-state index contributed by atoms with van der Waals surface area (Å²) in [6, 6.07) is 9.99. The van der Waals surface area contributed by atoms with Crippen molar-refractivity contribution in [1.29, 1.82) is 0 Å². The van der Waals surface area contributed by atoms with Gasteiger partial charge in [-0.25, -0.2) is 0 Å². The molecule has 0 heterocycles. The van der Waals surface area contributed by atoms with Crippen LogP contribution in [0.5, 0.6) is 23.0 Å². The molecule has 0 aliphatic rings. The Hall–Kier alpha value is -2.58. The zero-order valence-electron chi connectivity index (χ0n) is 11.0. The van der Waals surface area contributed by atoms with Crippen LogP contribution in [0, 0.1) is 6.07 Å². The van der Waals surface area contributed by atoms with Crippen molar-refractivity contribution in [2.45, 2.75) is 12.7 Å². The molecule has 0 aliphatic heterocycles. The molecule has 9 heteroatoms. The average molecular weight is 337 g/mol. The molecule has 0 atom stereocenters. The summed E-state index contributed by atoms with van der Waals surface area (Å²) in [5, 5.41) is 0.